The normalized spacial score (nSPS) is 14.8. The van der Waals surface area contributed by atoms with Crippen molar-refractivity contribution in [2.45, 2.75) is 38.6 Å². The van der Waals surface area contributed by atoms with Gasteiger partial charge in [0.05, 0.1) is 17.9 Å². The van der Waals surface area contributed by atoms with Gasteiger partial charge in [-0.25, -0.2) is 4.79 Å². The number of nitriles is 1. The van der Waals surface area contributed by atoms with Crippen molar-refractivity contribution in [3.63, 3.8) is 0 Å². The second-order valence-corrected chi connectivity index (χ2v) is 5.54. The van der Waals surface area contributed by atoms with Gasteiger partial charge in [-0.05, 0) is 31.9 Å². The van der Waals surface area contributed by atoms with Crippen molar-refractivity contribution in [1.29, 1.82) is 5.26 Å². The lowest BCUT2D eigenvalue weighted by Crippen LogP contribution is -2.33. The fourth-order valence-electron chi connectivity index (χ4n) is 2.63. The van der Waals surface area contributed by atoms with Gasteiger partial charge in [0, 0.05) is 12.2 Å². The van der Waals surface area contributed by atoms with E-state index in [4.69, 9.17) is 4.74 Å². The largest absolute Gasteiger partial charge is 0.462 e. The predicted octanol–water partition coefficient (Wildman–Crippen LogP) is 2.74. The van der Waals surface area contributed by atoms with E-state index < -0.39 is 11.9 Å². The average Bonchev–Trinajstić information content (AvgIpc) is 3.09. The van der Waals surface area contributed by atoms with Crippen LogP contribution in [0.1, 0.15) is 43.0 Å². The van der Waals surface area contributed by atoms with Crippen LogP contribution in [-0.2, 0) is 9.53 Å². The van der Waals surface area contributed by atoms with Crippen LogP contribution in [0.5, 0.6) is 0 Å². The van der Waals surface area contributed by atoms with E-state index in [0.717, 1.165) is 25.7 Å². The maximum Gasteiger partial charge on any atom is 0.340 e. The zero-order chi connectivity index (χ0) is 17.4. The first-order valence-electron chi connectivity index (χ1n) is 8.09. The number of benzene rings is 1. The predicted molar refractivity (Wildman–Crippen MR) is 90.1 cm³/mol. The van der Waals surface area contributed by atoms with Crippen LogP contribution in [-0.4, -0.2) is 24.5 Å². The molecule has 24 heavy (non-hydrogen) atoms. The molecule has 1 aromatic rings. The summed E-state index contributed by atoms with van der Waals surface area (Å²) in [5.74, 6) is -0.853. The molecule has 126 valence electrons. The molecule has 0 aromatic heterocycles. The molecule has 1 aromatic carbocycles. The Morgan fingerprint density at radius 2 is 2.04 bits per heavy atom. The Morgan fingerprint density at radius 3 is 2.71 bits per heavy atom. The average molecular weight is 327 g/mol. The van der Waals surface area contributed by atoms with Crippen molar-refractivity contribution in [2.24, 2.45) is 0 Å². The van der Waals surface area contributed by atoms with Crippen LogP contribution in [0, 0.1) is 11.3 Å². The highest BCUT2D eigenvalue weighted by molar-refractivity contribution is 5.99. The van der Waals surface area contributed by atoms with Gasteiger partial charge in [-0.3, -0.25) is 4.79 Å². The molecule has 0 bridgehead atoms. The number of rotatable bonds is 6. The summed E-state index contributed by atoms with van der Waals surface area (Å²) < 4.78 is 4.99. The van der Waals surface area contributed by atoms with Gasteiger partial charge in [0.15, 0.2) is 0 Å². The zero-order valence-electron chi connectivity index (χ0n) is 13.7. The molecule has 0 atom stereocenters. The first kappa shape index (κ1) is 17.5. The second-order valence-electron chi connectivity index (χ2n) is 5.54. The van der Waals surface area contributed by atoms with Gasteiger partial charge in [0.2, 0.25) is 0 Å². The fourth-order valence-corrected chi connectivity index (χ4v) is 2.63. The maximum absolute atomic E-state index is 12.1. The number of carbonyl (C=O) groups excluding carboxylic acids is 2. The molecule has 1 aliphatic carbocycles. The highest BCUT2D eigenvalue weighted by Crippen LogP contribution is 2.19. The monoisotopic (exact) mass is 327 g/mol. The third-order valence-electron chi connectivity index (χ3n) is 3.85. The molecule has 0 radical (unpaired) electrons. The standard InChI is InChI=1S/C18H21N3O3/c1-2-24-18(23)15-9-5-6-10-16(15)20-12-13(11-19)17(22)21-14-7-3-4-8-14/h5-6,9-10,12,14,20H,2-4,7-8H2,1H3,(H,21,22)/b13-12-. The molecule has 0 saturated heterocycles. The van der Waals surface area contributed by atoms with Gasteiger partial charge < -0.3 is 15.4 Å². The fraction of sp³-hybridized carbons (Fsp3) is 0.389. The minimum atomic E-state index is -0.456. The molecule has 2 rings (SSSR count). The van der Waals surface area contributed by atoms with Crippen LogP contribution in [0.3, 0.4) is 0 Å². The molecule has 2 N–H and O–H groups in total. The minimum Gasteiger partial charge on any atom is -0.462 e. The lowest BCUT2D eigenvalue weighted by atomic mass is 10.1. The molecule has 0 unspecified atom stereocenters. The number of amides is 1. The van der Waals surface area contributed by atoms with Crippen LogP contribution in [0.2, 0.25) is 0 Å². The number of nitrogens with zero attached hydrogens (tertiary/aromatic N) is 1. The number of esters is 1. The van der Waals surface area contributed by atoms with Crippen LogP contribution < -0.4 is 10.6 Å². The summed E-state index contributed by atoms with van der Waals surface area (Å²) in [4.78, 5) is 24.1. The van der Waals surface area contributed by atoms with E-state index in [1.807, 2.05) is 6.07 Å². The molecule has 1 aliphatic rings. The molecule has 1 saturated carbocycles. The maximum atomic E-state index is 12.1. The van der Waals surface area contributed by atoms with Crippen molar-refractivity contribution < 1.29 is 14.3 Å². The van der Waals surface area contributed by atoms with Crippen LogP contribution in [0.4, 0.5) is 5.69 Å². The first-order chi connectivity index (χ1) is 11.7. The summed E-state index contributed by atoms with van der Waals surface area (Å²) in [6.45, 7) is 2.01. The van der Waals surface area contributed by atoms with Crippen molar-refractivity contribution in [2.75, 3.05) is 11.9 Å². The molecule has 1 amide bonds. The second kappa shape index (κ2) is 8.73. The van der Waals surface area contributed by atoms with Gasteiger partial charge in [-0.2, -0.15) is 5.26 Å². The molecule has 0 heterocycles. The van der Waals surface area contributed by atoms with Gasteiger partial charge in [-0.1, -0.05) is 25.0 Å². The van der Waals surface area contributed by atoms with Gasteiger partial charge in [0.1, 0.15) is 11.6 Å². The highest BCUT2D eigenvalue weighted by Gasteiger charge is 2.19. The summed E-state index contributed by atoms with van der Waals surface area (Å²) in [7, 11) is 0. The van der Waals surface area contributed by atoms with E-state index >= 15 is 0 Å². The van der Waals surface area contributed by atoms with E-state index in [2.05, 4.69) is 10.6 Å². The molecule has 1 fully saturated rings. The summed E-state index contributed by atoms with van der Waals surface area (Å²) in [5, 5.41) is 14.9. The number of carbonyl (C=O) groups is 2. The summed E-state index contributed by atoms with van der Waals surface area (Å²) in [6.07, 6.45) is 5.42. The Morgan fingerprint density at radius 1 is 1.33 bits per heavy atom. The summed E-state index contributed by atoms with van der Waals surface area (Å²) in [6, 6.07) is 8.82. The van der Waals surface area contributed by atoms with Crippen LogP contribution in [0.15, 0.2) is 36.0 Å². The van der Waals surface area contributed by atoms with Crippen molar-refractivity contribution in [3.8, 4) is 6.07 Å². The molecule has 0 spiro atoms. The Bertz CT molecular complexity index is 670. The third kappa shape index (κ3) is 4.59. The topological polar surface area (TPSA) is 91.2 Å². The van der Waals surface area contributed by atoms with E-state index in [1.165, 1.54) is 6.20 Å². The molecule has 6 heteroatoms. The number of ether oxygens (including phenoxy) is 1. The lowest BCUT2D eigenvalue weighted by molar-refractivity contribution is -0.117. The van der Waals surface area contributed by atoms with Crippen molar-refractivity contribution in [3.05, 3.63) is 41.6 Å². The Kier molecular flexibility index (Phi) is 6.38. The number of nitrogens with one attached hydrogen (secondary N) is 2. The Hall–Kier alpha value is -2.81. The summed E-state index contributed by atoms with van der Waals surface area (Å²) in [5.41, 5.74) is 0.807. The number of para-hydroxylation sites is 1. The number of anilines is 1. The zero-order valence-corrected chi connectivity index (χ0v) is 13.7. The lowest BCUT2D eigenvalue weighted by Gasteiger charge is -2.12. The quantitative estimate of drug-likeness (QED) is 0.476. The van der Waals surface area contributed by atoms with Crippen molar-refractivity contribution in [1.82, 2.24) is 5.32 Å². The van der Waals surface area contributed by atoms with Crippen LogP contribution >= 0.6 is 0 Å². The Balaban J connectivity index is 2.08. The molecular weight excluding hydrogens is 306 g/mol. The molecule has 6 nitrogen and oxygen atoms in total. The van der Waals surface area contributed by atoms with Crippen molar-refractivity contribution >= 4 is 17.6 Å². The number of hydrogen-bond acceptors (Lipinski definition) is 5. The third-order valence-corrected chi connectivity index (χ3v) is 3.85. The smallest absolute Gasteiger partial charge is 0.340 e. The van der Waals surface area contributed by atoms with E-state index in [-0.39, 0.29) is 18.2 Å². The van der Waals surface area contributed by atoms with E-state index in [0.29, 0.717) is 11.3 Å². The summed E-state index contributed by atoms with van der Waals surface area (Å²) >= 11 is 0. The van der Waals surface area contributed by atoms with E-state index in [9.17, 15) is 14.9 Å². The molecule has 0 aliphatic heterocycles. The molecular formula is C18H21N3O3. The van der Waals surface area contributed by atoms with Gasteiger partial charge >= 0.3 is 5.97 Å². The highest BCUT2D eigenvalue weighted by atomic mass is 16.5. The minimum absolute atomic E-state index is 0.0273. The Labute approximate surface area is 141 Å². The van der Waals surface area contributed by atoms with Gasteiger partial charge in [-0.15, -0.1) is 0 Å². The van der Waals surface area contributed by atoms with Gasteiger partial charge in [0.25, 0.3) is 5.91 Å². The SMILES string of the molecule is CCOC(=O)c1ccccc1N/C=C(/C#N)C(=O)NC1CCCC1. The first-order valence-corrected chi connectivity index (χ1v) is 8.09. The van der Waals surface area contributed by atoms with E-state index in [1.54, 1.807) is 31.2 Å². The number of hydrogen-bond donors (Lipinski definition) is 2. The van der Waals surface area contributed by atoms with Crippen LogP contribution in [0.25, 0.3) is 0 Å².